The van der Waals surface area contributed by atoms with Gasteiger partial charge in [0.05, 0.1) is 12.2 Å². The molecule has 34 heavy (non-hydrogen) atoms. The molecule has 0 N–H and O–H groups in total. The van der Waals surface area contributed by atoms with Gasteiger partial charge < -0.3 is 9.47 Å². The fourth-order valence-electron chi connectivity index (χ4n) is 4.51. The number of benzene rings is 2. The molecular weight excluding hydrogens is 444 g/mol. The summed E-state index contributed by atoms with van der Waals surface area (Å²) in [7, 11) is 0. The SMILES string of the molecule is CCOC(=O)COc1ccc2ccccc2c1C=Nc1sc2c(c1C#N)CC[C@@H](C(C)(C)C)C2. The lowest BCUT2D eigenvalue weighted by Crippen LogP contribution is -2.26. The molecule has 0 fully saturated rings. The Bertz CT molecular complexity index is 1280. The van der Waals surface area contributed by atoms with E-state index in [-0.39, 0.29) is 12.0 Å². The number of ether oxygens (including phenoxy) is 2. The summed E-state index contributed by atoms with van der Waals surface area (Å²) in [6.07, 6.45) is 4.78. The summed E-state index contributed by atoms with van der Waals surface area (Å²) >= 11 is 1.63. The molecule has 0 radical (unpaired) electrons. The Balaban J connectivity index is 1.70. The molecule has 1 aliphatic carbocycles. The van der Waals surface area contributed by atoms with Crippen LogP contribution in [0, 0.1) is 22.7 Å². The number of carbonyl (C=O) groups is 1. The minimum absolute atomic E-state index is 0.169. The second-order valence-electron chi connectivity index (χ2n) is 9.65. The molecule has 4 rings (SSSR count). The molecule has 6 heteroatoms. The molecule has 1 aromatic heterocycles. The summed E-state index contributed by atoms with van der Waals surface area (Å²) in [4.78, 5) is 17.9. The first kappa shape index (κ1) is 24.0. The van der Waals surface area contributed by atoms with E-state index in [1.165, 1.54) is 4.88 Å². The molecule has 5 nitrogen and oxygen atoms in total. The second-order valence-corrected chi connectivity index (χ2v) is 10.7. The van der Waals surface area contributed by atoms with E-state index >= 15 is 0 Å². The van der Waals surface area contributed by atoms with E-state index in [2.05, 4.69) is 26.8 Å². The van der Waals surface area contributed by atoms with E-state index in [1.807, 2.05) is 36.4 Å². The Kier molecular flexibility index (Phi) is 7.04. The number of nitriles is 1. The molecule has 0 spiro atoms. The molecule has 0 saturated carbocycles. The molecule has 0 unspecified atom stereocenters. The van der Waals surface area contributed by atoms with E-state index in [1.54, 1.807) is 24.5 Å². The number of esters is 1. The lowest BCUT2D eigenvalue weighted by atomic mass is 9.72. The Morgan fingerprint density at radius 1 is 1.26 bits per heavy atom. The number of aliphatic imine (C=N–C) groups is 1. The van der Waals surface area contributed by atoms with Crippen molar-refractivity contribution in [3.8, 4) is 11.8 Å². The third-order valence-electron chi connectivity index (χ3n) is 6.48. The highest BCUT2D eigenvalue weighted by Crippen LogP contribution is 2.45. The number of thiophene rings is 1. The minimum Gasteiger partial charge on any atom is -0.481 e. The standard InChI is InChI=1S/C28H30N2O3S/c1-5-32-26(31)17-33-24-13-10-18-8-6-7-9-20(18)23(24)16-30-27-22(15-29)21-12-11-19(28(2,3)4)14-25(21)34-27/h6-10,13,16,19H,5,11-12,14,17H2,1-4H3/t19-/m1/s1. The molecule has 1 heterocycles. The van der Waals surface area contributed by atoms with Crippen LogP contribution in [0.1, 0.15) is 55.7 Å². The molecule has 0 bridgehead atoms. The normalized spacial score (nSPS) is 15.8. The van der Waals surface area contributed by atoms with Crippen LogP contribution in [-0.2, 0) is 22.4 Å². The van der Waals surface area contributed by atoms with Gasteiger partial charge in [0.2, 0.25) is 0 Å². The predicted octanol–water partition coefficient (Wildman–Crippen LogP) is 6.62. The van der Waals surface area contributed by atoms with E-state index < -0.39 is 5.97 Å². The molecule has 3 aromatic rings. The molecule has 0 aliphatic heterocycles. The number of nitrogens with zero attached hydrogens (tertiary/aromatic N) is 2. The van der Waals surface area contributed by atoms with Crippen LogP contribution in [0.25, 0.3) is 10.8 Å². The van der Waals surface area contributed by atoms with E-state index in [0.717, 1.165) is 46.2 Å². The van der Waals surface area contributed by atoms with Gasteiger partial charge in [-0.25, -0.2) is 9.79 Å². The molecule has 1 atom stereocenters. The van der Waals surface area contributed by atoms with Gasteiger partial charge in [-0.3, -0.25) is 0 Å². The molecule has 0 saturated heterocycles. The monoisotopic (exact) mass is 474 g/mol. The quantitative estimate of drug-likeness (QED) is 0.297. The molecule has 2 aromatic carbocycles. The minimum atomic E-state index is -0.412. The van der Waals surface area contributed by atoms with Crippen molar-refractivity contribution in [1.82, 2.24) is 0 Å². The molecule has 1 aliphatic rings. The maximum absolute atomic E-state index is 11.8. The number of carbonyl (C=O) groups excluding carboxylic acids is 1. The smallest absolute Gasteiger partial charge is 0.344 e. The zero-order valence-electron chi connectivity index (χ0n) is 20.2. The highest BCUT2D eigenvalue weighted by atomic mass is 32.1. The third-order valence-corrected chi connectivity index (χ3v) is 7.64. The van der Waals surface area contributed by atoms with Crippen molar-refractivity contribution in [2.45, 2.75) is 47.0 Å². The van der Waals surface area contributed by atoms with Crippen LogP contribution in [0.5, 0.6) is 5.75 Å². The molecule has 176 valence electrons. The topological polar surface area (TPSA) is 71.7 Å². The van der Waals surface area contributed by atoms with Gasteiger partial charge in [-0.05, 0) is 59.9 Å². The van der Waals surface area contributed by atoms with Crippen molar-refractivity contribution in [2.75, 3.05) is 13.2 Å². The summed E-state index contributed by atoms with van der Waals surface area (Å²) in [5, 5.41) is 12.7. The van der Waals surface area contributed by atoms with Crippen LogP contribution < -0.4 is 4.74 Å². The second kappa shape index (κ2) is 9.99. The number of fused-ring (bicyclic) bond motifs is 2. The number of rotatable bonds is 6. The average Bonchev–Trinajstić information content (AvgIpc) is 3.17. The summed E-state index contributed by atoms with van der Waals surface area (Å²) < 4.78 is 10.8. The van der Waals surface area contributed by atoms with Crippen molar-refractivity contribution >= 4 is 39.3 Å². The highest BCUT2D eigenvalue weighted by molar-refractivity contribution is 7.16. The number of hydrogen-bond acceptors (Lipinski definition) is 6. The lowest BCUT2D eigenvalue weighted by molar-refractivity contribution is -0.145. The van der Waals surface area contributed by atoms with Gasteiger partial charge in [-0.1, -0.05) is 51.1 Å². The Morgan fingerprint density at radius 2 is 2.06 bits per heavy atom. The summed E-state index contributed by atoms with van der Waals surface area (Å²) in [5.41, 5.74) is 2.88. The van der Waals surface area contributed by atoms with Gasteiger partial charge in [0.25, 0.3) is 0 Å². The number of hydrogen-bond donors (Lipinski definition) is 0. The summed E-state index contributed by atoms with van der Waals surface area (Å²) in [6.45, 7) is 8.78. The maximum atomic E-state index is 11.8. The maximum Gasteiger partial charge on any atom is 0.344 e. The van der Waals surface area contributed by atoms with Gasteiger partial charge in [0, 0.05) is 16.7 Å². The highest BCUT2D eigenvalue weighted by Gasteiger charge is 2.32. The van der Waals surface area contributed by atoms with Crippen LogP contribution in [0.3, 0.4) is 0 Å². The van der Waals surface area contributed by atoms with E-state index in [0.29, 0.717) is 23.8 Å². The van der Waals surface area contributed by atoms with Gasteiger partial charge >= 0.3 is 5.97 Å². The van der Waals surface area contributed by atoms with Crippen LogP contribution in [-0.4, -0.2) is 25.4 Å². The van der Waals surface area contributed by atoms with Crippen LogP contribution in [0.15, 0.2) is 41.4 Å². The van der Waals surface area contributed by atoms with Crippen molar-refractivity contribution in [3.05, 3.63) is 58.0 Å². The lowest BCUT2D eigenvalue weighted by Gasteiger charge is -2.33. The van der Waals surface area contributed by atoms with Gasteiger partial charge in [0.1, 0.15) is 16.8 Å². The Morgan fingerprint density at radius 3 is 2.79 bits per heavy atom. The van der Waals surface area contributed by atoms with E-state index in [9.17, 15) is 10.1 Å². The van der Waals surface area contributed by atoms with Gasteiger partial charge in [-0.15, -0.1) is 11.3 Å². The third kappa shape index (κ3) is 5.00. The van der Waals surface area contributed by atoms with Crippen LogP contribution in [0.4, 0.5) is 5.00 Å². The van der Waals surface area contributed by atoms with Gasteiger partial charge in [0.15, 0.2) is 6.61 Å². The fraction of sp³-hybridized carbons (Fsp3) is 0.393. The first-order valence-corrected chi connectivity index (χ1v) is 12.5. The summed E-state index contributed by atoms with van der Waals surface area (Å²) in [5.74, 6) is 0.746. The summed E-state index contributed by atoms with van der Waals surface area (Å²) in [6, 6.07) is 14.2. The largest absolute Gasteiger partial charge is 0.481 e. The Hall–Kier alpha value is -3.17. The van der Waals surface area contributed by atoms with Gasteiger partial charge in [-0.2, -0.15) is 5.26 Å². The first-order chi connectivity index (χ1) is 16.3. The van der Waals surface area contributed by atoms with E-state index in [4.69, 9.17) is 14.5 Å². The molecular formula is C28H30N2O3S. The fourth-order valence-corrected chi connectivity index (χ4v) is 5.74. The Labute approximate surface area is 205 Å². The van der Waals surface area contributed by atoms with Crippen molar-refractivity contribution < 1.29 is 14.3 Å². The zero-order valence-corrected chi connectivity index (χ0v) is 21.0. The van der Waals surface area contributed by atoms with Crippen LogP contribution >= 0.6 is 11.3 Å². The van der Waals surface area contributed by atoms with Crippen molar-refractivity contribution in [1.29, 1.82) is 5.26 Å². The first-order valence-electron chi connectivity index (χ1n) is 11.7. The van der Waals surface area contributed by atoms with Crippen molar-refractivity contribution in [2.24, 2.45) is 16.3 Å². The molecule has 0 amide bonds. The zero-order chi connectivity index (χ0) is 24.3. The predicted molar refractivity (Wildman–Crippen MR) is 137 cm³/mol. The van der Waals surface area contributed by atoms with Crippen LogP contribution in [0.2, 0.25) is 0 Å². The van der Waals surface area contributed by atoms with Crippen molar-refractivity contribution in [3.63, 3.8) is 0 Å². The average molecular weight is 475 g/mol.